The first kappa shape index (κ1) is 17.6. The van der Waals surface area contributed by atoms with Gasteiger partial charge in [0.05, 0.1) is 29.8 Å². The highest BCUT2D eigenvalue weighted by Gasteiger charge is 2.26. The molecule has 1 aliphatic heterocycles. The first-order valence-electron chi connectivity index (χ1n) is 7.73. The van der Waals surface area contributed by atoms with Crippen LogP contribution in [0.4, 0.5) is 11.4 Å². The Labute approximate surface area is 140 Å². The maximum atomic E-state index is 12.1. The predicted molar refractivity (Wildman–Crippen MR) is 90.3 cm³/mol. The third kappa shape index (κ3) is 5.11. The molecule has 23 heavy (non-hydrogen) atoms. The Kier molecular flexibility index (Phi) is 6.24. The van der Waals surface area contributed by atoms with E-state index in [2.05, 4.69) is 5.32 Å². The summed E-state index contributed by atoms with van der Waals surface area (Å²) in [6, 6.07) is 4.97. The largest absolute Gasteiger partial charge is 0.466 e. The molecule has 0 spiro atoms. The lowest BCUT2D eigenvalue weighted by atomic mass is 9.97. The molecule has 7 heteroatoms. The van der Waals surface area contributed by atoms with Gasteiger partial charge in [-0.3, -0.25) is 14.5 Å². The van der Waals surface area contributed by atoms with Crippen LogP contribution in [0.15, 0.2) is 18.2 Å². The summed E-state index contributed by atoms with van der Waals surface area (Å²) in [4.78, 5) is 25.8. The van der Waals surface area contributed by atoms with E-state index in [1.165, 1.54) is 0 Å². The molecule has 1 heterocycles. The minimum Gasteiger partial charge on any atom is -0.466 e. The van der Waals surface area contributed by atoms with Gasteiger partial charge in [0.1, 0.15) is 0 Å². The van der Waals surface area contributed by atoms with Gasteiger partial charge < -0.3 is 15.8 Å². The van der Waals surface area contributed by atoms with Crippen molar-refractivity contribution in [2.24, 2.45) is 5.92 Å². The average molecular weight is 340 g/mol. The lowest BCUT2D eigenvalue weighted by Gasteiger charge is -2.30. The molecule has 0 aliphatic carbocycles. The Morgan fingerprint density at radius 2 is 2.09 bits per heavy atom. The lowest BCUT2D eigenvalue weighted by Crippen LogP contribution is -2.41. The van der Waals surface area contributed by atoms with Crippen molar-refractivity contribution in [2.75, 3.05) is 37.3 Å². The maximum Gasteiger partial charge on any atom is 0.309 e. The SMILES string of the molecule is CCOC(=O)C1CCN(CC(=O)Nc2ccc(N)cc2Cl)CC1. The molecule has 1 aliphatic rings. The fourth-order valence-corrected chi connectivity index (χ4v) is 2.85. The Morgan fingerprint density at radius 3 is 2.70 bits per heavy atom. The maximum absolute atomic E-state index is 12.1. The van der Waals surface area contributed by atoms with Crippen molar-refractivity contribution in [3.05, 3.63) is 23.2 Å². The van der Waals surface area contributed by atoms with Crippen molar-refractivity contribution in [3.8, 4) is 0 Å². The molecule has 0 aromatic heterocycles. The molecule has 6 nitrogen and oxygen atoms in total. The average Bonchev–Trinajstić information content (AvgIpc) is 2.51. The molecule has 126 valence electrons. The van der Waals surface area contributed by atoms with Crippen molar-refractivity contribution < 1.29 is 14.3 Å². The van der Waals surface area contributed by atoms with Crippen molar-refractivity contribution in [3.63, 3.8) is 0 Å². The quantitative estimate of drug-likeness (QED) is 0.634. The monoisotopic (exact) mass is 339 g/mol. The Balaban J connectivity index is 1.79. The lowest BCUT2D eigenvalue weighted by molar-refractivity contribution is -0.149. The van der Waals surface area contributed by atoms with E-state index in [1.807, 2.05) is 4.90 Å². The minimum atomic E-state index is -0.134. The number of anilines is 2. The molecule has 0 unspecified atom stereocenters. The number of likely N-dealkylation sites (tertiary alicyclic amines) is 1. The molecule has 0 bridgehead atoms. The van der Waals surface area contributed by atoms with Gasteiger partial charge in [0, 0.05) is 5.69 Å². The van der Waals surface area contributed by atoms with Crippen molar-refractivity contribution in [1.82, 2.24) is 4.90 Å². The summed E-state index contributed by atoms with van der Waals surface area (Å²) in [5.74, 6) is -0.322. The number of nitrogens with two attached hydrogens (primary N) is 1. The number of nitrogens with zero attached hydrogens (tertiary/aromatic N) is 1. The number of halogens is 1. The second-order valence-corrected chi connectivity index (χ2v) is 6.00. The second-order valence-electron chi connectivity index (χ2n) is 5.59. The first-order chi connectivity index (χ1) is 11.0. The minimum absolute atomic E-state index is 0.0548. The van der Waals surface area contributed by atoms with Gasteiger partial charge in [0.2, 0.25) is 5.91 Å². The molecule has 1 fully saturated rings. The first-order valence-corrected chi connectivity index (χ1v) is 8.11. The van der Waals surface area contributed by atoms with Crippen LogP contribution in [-0.4, -0.2) is 43.0 Å². The standard InChI is InChI=1S/C16H22ClN3O3/c1-2-23-16(22)11-5-7-20(8-6-11)10-15(21)19-14-4-3-12(18)9-13(14)17/h3-4,9,11H,2,5-8,10,18H2,1H3,(H,19,21). The van der Waals surface area contributed by atoms with Crippen LogP contribution in [-0.2, 0) is 14.3 Å². The molecule has 2 rings (SSSR count). The molecule has 1 aromatic rings. The van der Waals surface area contributed by atoms with E-state index in [0.29, 0.717) is 36.1 Å². The summed E-state index contributed by atoms with van der Waals surface area (Å²) in [6.45, 7) is 3.89. The molecular formula is C16H22ClN3O3. The molecule has 3 N–H and O–H groups in total. The molecule has 0 saturated carbocycles. The number of piperidine rings is 1. The zero-order valence-electron chi connectivity index (χ0n) is 13.2. The number of esters is 1. The van der Waals surface area contributed by atoms with Crippen LogP contribution < -0.4 is 11.1 Å². The van der Waals surface area contributed by atoms with Gasteiger partial charge in [0.25, 0.3) is 0 Å². The Morgan fingerprint density at radius 1 is 1.39 bits per heavy atom. The number of rotatable bonds is 5. The van der Waals surface area contributed by atoms with Crippen molar-refractivity contribution >= 4 is 34.9 Å². The molecule has 1 amide bonds. The van der Waals surface area contributed by atoms with Gasteiger partial charge in [-0.15, -0.1) is 0 Å². The third-order valence-corrected chi connectivity index (χ3v) is 4.15. The highest BCUT2D eigenvalue weighted by Crippen LogP contribution is 2.24. The summed E-state index contributed by atoms with van der Waals surface area (Å²) >= 11 is 6.04. The van der Waals surface area contributed by atoms with E-state index in [1.54, 1.807) is 25.1 Å². The van der Waals surface area contributed by atoms with Crippen LogP contribution >= 0.6 is 11.6 Å². The van der Waals surface area contributed by atoms with E-state index >= 15 is 0 Å². The van der Waals surface area contributed by atoms with E-state index < -0.39 is 0 Å². The highest BCUT2D eigenvalue weighted by atomic mass is 35.5. The van der Waals surface area contributed by atoms with E-state index in [-0.39, 0.29) is 24.3 Å². The van der Waals surface area contributed by atoms with E-state index in [4.69, 9.17) is 22.1 Å². The number of amides is 1. The van der Waals surface area contributed by atoms with Crippen LogP contribution in [0.1, 0.15) is 19.8 Å². The zero-order valence-corrected chi connectivity index (χ0v) is 13.9. The zero-order chi connectivity index (χ0) is 16.8. The number of benzene rings is 1. The van der Waals surface area contributed by atoms with E-state index in [0.717, 1.165) is 12.8 Å². The molecule has 0 radical (unpaired) electrons. The van der Waals surface area contributed by atoms with E-state index in [9.17, 15) is 9.59 Å². The molecular weight excluding hydrogens is 318 g/mol. The van der Waals surface area contributed by atoms with Gasteiger partial charge >= 0.3 is 5.97 Å². The number of carbonyl (C=O) groups excluding carboxylic acids is 2. The van der Waals surface area contributed by atoms with Crippen LogP contribution in [0, 0.1) is 5.92 Å². The summed E-state index contributed by atoms with van der Waals surface area (Å²) in [5, 5.41) is 3.20. The number of nitrogen functional groups attached to an aromatic ring is 1. The van der Waals surface area contributed by atoms with Crippen LogP contribution in [0.25, 0.3) is 0 Å². The van der Waals surface area contributed by atoms with Crippen molar-refractivity contribution in [1.29, 1.82) is 0 Å². The third-order valence-electron chi connectivity index (χ3n) is 3.84. The Bertz CT molecular complexity index is 572. The number of nitrogens with one attached hydrogen (secondary N) is 1. The predicted octanol–water partition coefficient (Wildman–Crippen LogP) is 2.14. The summed E-state index contributed by atoms with van der Waals surface area (Å²) in [6.07, 6.45) is 1.43. The number of hydrogen-bond acceptors (Lipinski definition) is 5. The van der Waals surface area contributed by atoms with Crippen LogP contribution in [0.5, 0.6) is 0 Å². The normalized spacial score (nSPS) is 16.1. The molecule has 1 saturated heterocycles. The van der Waals surface area contributed by atoms with Gasteiger partial charge in [-0.25, -0.2) is 0 Å². The van der Waals surface area contributed by atoms with Gasteiger partial charge in [0.15, 0.2) is 0 Å². The summed E-state index contributed by atoms with van der Waals surface area (Å²) < 4.78 is 5.04. The second kappa shape index (κ2) is 8.17. The fraction of sp³-hybridized carbons (Fsp3) is 0.500. The number of ether oxygens (including phenoxy) is 1. The topological polar surface area (TPSA) is 84.7 Å². The highest BCUT2D eigenvalue weighted by molar-refractivity contribution is 6.34. The molecule has 0 atom stereocenters. The fourth-order valence-electron chi connectivity index (χ4n) is 2.61. The van der Waals surface area contributed by atoms with Gasteiger partial charge in [-0.05, 0) is 51.1 Å². The number of hydrogen-bond donors (Lipinski definition) is 2. The van der Waals surface area contributed by atoms with Gasteiger partial charge in [-0.2, -0.15) is 0 Å². The number of carbonyl (C=O) groups is 2. The Hall–Kier alpha value is -1.79. The van der Waals surface area contributed by atoms with Crippen molar-refractivity contribution in [2.45, 2.75) is 19.8 Å². The molecule has 1 aromatic carbocycles. The van der Waals surface area contributed by atoms with Crippen LogP contribution in [0.2, 0.25) is 5.02 Å². The van der Waals surface area contributed by atoms with Crippen LogP contribution in [0.3, 0.4) is 0 Å². The van der Waals surface area contributed by atoms with Gasteiger partial charge in [-0.1, -0.05) is 11.6 Å². The smallest absolute Gasteiger partial charge is 0.309 e. The summed E-state index contributed by atoms with van der Waals surface area (Å²) in [7, 11) is 0. The summed E-state index contributed by atoms with van der Waals surface area (Å²) in [5.41, 5.74) is 6.72.